The molecule has 1 amide bonds. The second kappa shape index (κ2) is 11.2. The SMILES string of the molecule is CCNC(=NCC(CC)Oc1ccccc1F)NC1CCN(C(=O)C2CCCC2)C1. The number of aliphatic imine (C=N–C) groups is 1. The van der Waals surface area contributed by atoms with Crippen LogP contribution in [0.2, 0.25) is 0 Å². The summed E-state index contributed by atoms with van der Waals surface area (Å²) in [5.74, 6) is 1.17. The molecule has 2 unspecified atom stereocenters. The number of likely N-dealkylation sites (tertiary alicyclic amines) is 1. The first kappa shape index (κ1) is 22.4. The van der Waals surface area contributed by atoms with Gasteiger partial charge in [-0.1, -0.05) is 31.9 Å². The van der Waals surface area contributed by atoms with E-state index in [1.807, 2.05) is 18.7 Å². The molecule has 2 aliphatic rings. The van der Waals surface area contributed by atoms with Gasteiger partial charge in [-0.05, 0) is 44.7 Å². The van der Waals surface area contributed by atoms with Crippen molar-refractivity contribution in [2.75, 3.05) is 26.2 Å². The predicted octanol–water partition coefficient (Wildman–Crippen LogP) is 3.33. The summed E-state index contributed by atoms with van der Waals surface area (Å²) in [6.45, 7) is 6.73. The molecule has 166 valence electrons. The number of rotatable bonds is 8. The number of nitrogens with zero attached hydrogens (tertiary/aromatic N) is 2. The zero-order valence-corrected chi connectivity index (χ0v) is 18.2. The minimum Gasteiger partial charge on any atom is -0.485 e. The Morgan fingerprint density at radius 2 is 2.03 bits per heavy atom. The molecule has 7 heteroatoms. The largest absolute Gasteiger partial charge is 0.485 e. The molecule has 1 aliphatic heterocycles. The average Bonchev–Trinajstić information content (AvgIpc) is 3.44. The number of para-hydroxylation sites is 1. The number of guanidine groups is 1. The molecule has 1 aromatic carbocycles. The summed E-state index contributed by atoms with van der Waals surface area (Å²) in [5.41, 5.74) is 0. The maximum absolute atomic E-state index is 13.9. The molecular formula is C23H35FN4O2. The van der Waals surface area contributed by atoms with Crippen LogP contribution in [0.25, 0.3) is 0 Å². The molecule has 0 bridgehead atoms. The lowest BCUT2D eigenvalue weighted by atomic mass is 10.1. The van der Waals surface area contributed by atoms with E-state index in [1.54, 1.807) is 18.2 Å². The molecule has 1 aliphatic carbocycles. The van der Waals surface area contributed by atoms with Gasteiger partial charge < -0.3 is 20.3 Å². The first-order valence-corrected chi connectivity index (χ1v) is 11.4. The lowest BCUT2D eigenvalue weighted by molar-refractivity contribution is -0.134. The number of halogens is 1. The number of carbonyl (C=O) groups excluding carboxylic acids is 1. The van der Waals surface area contributed by atoms with Crippen molar-refractivity contribution in [3.63, 3.8) is 0 Å². The zero-order chi connectivity index (χ0) is 21.3. The molecule has 0 spiro atoms. The third kappa shape index (κ3) is 6.09. The minimum atomic E-state index is -0.358. The van der Waals surface area contributed by atoms with Crippen LogP contribution in [-0.4, -0.2) is 55.1 Å². The third-order valence-electron chi connectivity index (χ3n) is 5.93. The molecule has 2 fully saturated rings. The van der Waals surface area contributed by atoms with Crippen molar-refractivity contribution in [2.24, 2.45) is 10.9 Å². The Kier molecular flexibility index (Phi) is 8.34. The maximum Gasteiger partial charge on any atom is 0.225 e. The van der Waals surface area contributed by atoms with Crippen molar-refractivity contribution in [1.82, 2.24) is 15.5 Å². The van der Waals surface area contributed by atoms with Gasteiger partial charge in [0.15, 0.2) is 17.5 Å². The Morgan fingerprint density at radius 3 is 2.73 bits per heavy atom. The van der Waals surface area contributed by atoms with Crippen LogP contribution in [0.15, 0.2) is 29.3 Å². The molecule has 2 N–H and O–H groups in total. The van der Waals surface area contributed by atoms with E-state index in [0.717, 1.165) is 45.3 Å². The average molecular weight is 419 g/mol. The van der Waals surface area contributed by atoms with Crippen LogP contribution in [-0.2, 0) is 4.79 Å². The van der Waals surface area contributed by atoms with Crippen molar-refractivity contribution >= 4 is 11.9 Å². The number of nitrogens with one attached hydrogen (secondary N) is 2. The van der Waals surface area contributed by atoms with E-state index >= 15 is 0 Å². The topological polar surface area (TPSA) is 66.0 Å². The van der Waals surface area contributed by atoms with E-state index in [1.165, 1.54) is 18.9 Å². The van der Waals surface area contributed by atoms with Crippen LogP contribution in [0, 0.1) is 11.7 Å². The van der Waals surface area contributed by atoms with E-state index in [0.29, 0.717) is 18.4 Å². The first-order chi connectivity index (χ1) is 14.6. The van der Waals surface area contributed by atoms with Crippen LogP contribution in [0.5, 0.6) is 5.75 Å². The van der Waals surface area contributed by atoms with Gasteiger partial charge in [0.05, 0.1) is 6.54 Å². The van der Waals surface area contributed by atoms with E-state index in [-0.39, 0.29) is 29.6 Å². The van der Waals surface area contributed by atoms with Gasteiger partial charge in [0.2, 0.25) is 5.91 Å². The Balaban J connectivity index is 1.53. The van der Waals surface area contributed by atoms with Gasteiger partial charge in [-0.3, -0.25) is 4.79 Å². The standard InChI is InChI=1S/C23H35FN4O2/c1-3-19(30-21-12-8-7-11-20(21)24)15-26-23(25-4-2)27-18-13-14-28(16-18)22(29)17-9-5-6-10-17/h7-8,11-12,17-19H,3-6,9-10,13-16H2,1-2H3,(H2,25,26,27). The number of amides is 1. The number of hydrogen-bond acceptors (Lipinski definition) is 3. The normalized spacial score (nSPS) is 21.0. The summed E-state index contributed by atoms with van der Waals surface area (Å²) in [4.78, 5) is 19.3. The van der Waals surface area contributed by atoms with Gasteiger partial charge in [-0.15, -0.1) is 0 Å². The zero-order valence-electron chi connectivity index (χ0n) is 18.2. The molecule has 0 radical (unpaired) electrons. The first-order valence-electron chi connectivity index (χ1n) is 11.4. The molecule has 30 heavy (non-hydrogen) atoms. The number of benzene rings is 1. The van der Waals surface area contributed by atoms with Gasteiger partial charge in [0, 0.05) is 31.6 Å². The van der Waals surface area contributed by atoms with Crippen molar-refractivity contribution in [2.45, 2.75) is 64.5 Å². The molecule has 3 rings (SSSR count). The molecule has 1 saturated carbocycles. The highest BCUT2D eigenvalue weighted by atomic mass is 19.1. The highest BCUT2D eigenvalue weighted by molar-refractivity contribution is 5.81. The Bertz CT molecular complexity index is 721. The molecule has 2 atom stereocenters. The molecule has 1 aromatic rings. The number of hydrogen-bond donors (Lipinski definition) is 2. The molecule has 6 nitrogen and oxygen atoms in total. The molecule has 0 aromatic heterocycles. The number of ether oxygens (including phenoxy) is 1. The smallest absolute Gasteiger partial charge is 0.225 e. The number of carbonyl (C=O) groups is 1. The Hall–Kier alpha value is -2.31. The monoisotopic (exact) mass is 418 g/mol. The van der Waals surface area contributed by atoms with Gasteiger partial charge >= 0.3 is 0 Å². The van der Waals surface area contributed by atoms with Crippen LogP contribution < -0.4 is 15.4 Å². The highest BCUT2D eigenvalue weighted by Crippen LogP contribution is 2.27. The fourth-order valence-corrected chi connectivity index (χ4v) is 4.19. The van der Waals surface area contributed by atoms with Crippen molar-refractivity contribution in [1.29, 1.82) is 0 Å². The van der Waals surface area contributed by atoms with Gasteiger partial charge in [-0.25, -0.2) is 9.38 Å². The summed E-state index contributed by atoms with van der Waals surface area (Å²) in [5, 5.41) is 6.73. The van der Waals surface area contributed by atoms with Crippen molar-refractivity contribution in [3.8, 4) is 5.75 Å². The lowest BCUT2D eigenvalue weighted by Crippen LogP contribution is -2.45. The van der Waals surface area contributed by atoms with E-state index in [9.17, 15) is 9.18 Å². The van der Waals surface area contributed by atoms with E-state index in [2.05, 4.69) is 15.6 Å². The molecular weight excluding hydrogens is 383 g/mol. The summed E-state index contributed by atoms with van der Waals surface area (Å²) in [6.07, 6.45) is 5.88. The second-order valence-electron chi connectivity index (χ2n) is 8.19. The van der Waals surface area contributed by atoms with Crippen LogP contribution in [0.1, 0.15) is 52.4 Å². The highest BCUT2D eigenvalue weighted by Gasteiger charge is 2.32. The van der Waals surface area contributed by atoms with Gasteiger partial charge in [-0.2, -0.15) is 0 Å². The summed E-state index contributed by atoms with van der Waals surface area (Å²) >= 11 is 0. The summed E-state index contributed by atoms with van der Waals surface area (Å²) in [6, 6.07) is 6.64. The fraction of sp³-hybridized carbons (Fsp3) is 0.652. The van der Waals surface area contributed by atoms with Crippen molar-refractivity contribution in [3.05, 3.63) is 30.1 Å². The van der Waals surface area contributed by atoms with Crippen LogP contribution in [0.3, 0.4) is 0 Å². The summed E-state index contributed by atoms with van der Waals surface area (Å²) < 4.78 is 19.7. The van der Waals surface area contributed by atoms with Crippen LogP contribution in [0.4, 0.5) is 4.39 Å². The fourth-order valence-electron chi connectivity index (χ4n) is 4.19. The van der Waals surface area contributed by atoms with Gasteiger partial charge in [0.1, 0.15) is 6.10 Å². The molecule has 1 saturated heterocycles. The summed E-state index contributed by atoms with van der Waals surface area (Å²) in [7, 11) is 0. The Labute approximate surface area is 179 Å². The third-order valence-corrected chi connectivity index (χ3v) is 5.93. The second-order valence-corrected chi connectivity index (χ2v) is 8.19. The van der Waals surface area contributed by atoms with Crippen LogP contribution >= 0.6 is 0 Å². The van der Waals surface area contributed by atoms with E-state index < -0.39 is 0 Å². The lowest BCUT2D eigenvalue weighted by Gasteiger charge is -2.22. The molecule has 1 heterocycles. The van der Waals surface area contributed by atoms with Crippen molar-refractivity contribution < 1.29 is 13.9 Å². The minimum absolute atomic E-state index is 0.195. The van der Waals surface area contributed by atoms with Gasteiger partial charge in [0.25, 0.3) is 0 Å². The Morgan fingerprint density at radius 1 is 1.27 bits per heavy atom. The van der Waals surface area contributed by atoms with E-state index in [4.69, 9.17) is 4.74 Å². The predicted molar refractivity (Wildman–Crippen MR) is 117 cm³/mol. The maximum atomic E-state index is 13.9. The quantitative estimate of drug-likeness (QED) is 0.502.